The van der Waals surface area contributed by atoms with Crippen LogP contribution in [0.3, 0.4) is 0 Å². The van der Waals surface area contributed by atoms with Crippen molar-refractivity contribution in [2.75, 3.05) is 20.2 Å². The Morgan fingerprint density at radius 1 is 1.10 bits per heavy atom. The molecule has 0 radical (unpaired) electrons. The van der Waals surface area contributed by atoms with E-state index < -0.39 is 0 Å². The first kappa shape index (κ1) is 26.5. The molecule has 0 unspecified atom stereocenters. The van der Waals surface area contributed by atoms with Crippen LogP contribution in [-0.4, -0.2) is 51.2 Å². The van der Waals surface area contributed by atoms with Gasteiger partial charge in [0, 0.05) is 37.6 Å². The number of aryl methyl sites for hydroxylation is 1. The zero-order valence-corrected chi connectivity index (χ0v) is 22.2. The number of likely N-dealkylation sites (tertiary alicyclic amines) is 1. The van der Waals surface area contributed by atoms with E-state index in [1.807, 2.05) is 55.4 Å². The Balaban J connectivity index is 1.35. The summed E-state index contributed by atoms with van der Waals surface area (Å²) >= 11 is 0. The fraction of sp³-hybridized carbons (Fsp3) is 0.333. The van der Waals surface area contributed by atoms with Gasteiger partial charge in [0.2, 0.25) is 0 Å². The molecule has 39 heavy (non-hydrogen) atoms. The standard InChI is InChI=1S/C30H32FN5O3/c1-21-27(34-39-33-21)19-35(2)18-25-16-23(22-8-11-26(31)12-9-22)10-13-29(25)38-20-30(37)36-15-4-3-7-28(36)24-6-5-14-32-17-24/h5-6,8-14,16-17,28H,3-4,7,15,18-20H2,1-2H3/t28-/m1/s1. The fourth-order valence-electron chi connectivity index (χ4n) is 5.03. The molecular formula is C30H32FN5O3. The van der Waals surface area contributed by atoms with Gasteiger partial charge in [-0.05, 0) is 80.3 Å². The van der Waals surface area contributed by atoms with Crippen LogP contribution in [0.25, 0.3) is 11.1 Å². The first-order valence-electron chi connectivity index (χ1n) is 13.2. The summed E-state index contributed by atoms with van der Waals surface area (Å²) in [5.41, 5.74) is 5.29. The third-order valence-corrected chi connectivity index (χ3v) is 7.09. The van der Waals surface area contributed by atoms with E-state index in [2.05, 4.69) is 20.2 Å². The van der Waals surface area contributed by atoms with Crippen LogP contribution in [-0.2, 0) is 17.9 Å². The highest BCUT2D eigenvalue weighted by molar-refractivity contribution is 5.78. The van der Waals surface area contributed by atoms with E-state index in [4.69, 9.17) is 9.37 Å². The van der Waals surface area contributed by atoms with Crippen molar-refractivity contribution in [3.05, 3.63) is 95.3 Å². The Morgan fingerprint density at radius 2 is 1.92 bits per heavy atom. The van der Waals surface area contributed by atoms with Crippen molar-refractivity contribution in [2.45, 2.75) is 45.3 Å². The SMILES string of the molecule is Cc1nonc1CN(C)Cc1cc(-c2ccc(F)cc2)ccc1OCC(=O)N1CCCC[C@@H]1c1cccnc1. The molecule has 3 heterocycles. The molecule has 1 amide bonds. The van der Waals surface area contributed by atoms with Crippen LogP contribution in [0, 0.1) is 12.7 Å². The predicted molar refractivity (Wildman–Crippen MR) is 144 cm³/mol. The van der Waals surface area contributed by atoms with Gasteiger partial charge in [-0.15, -0.1) is 0 Å². The third kappa shape index (κ3) is 6.49. The lowest BCUT2D eigenvalue weighted by Gasteiger charge is -2.36. The molecule has 2 aromatic heterocycles. The molecule has 1 saturated heterocycles. The van der Waals surface area contributed by atoms with Crippen molar-refractivity contribution in [3.63, 3.8) is 0 Å². The smallest absolute Gasteiger partial charge is 0.261 e. The topological polar surface area (TPSA) is 84.6 Å². The van der Waals surface area contributed by atoms with Crippen molar-refractivity contribution >= 4 is 5.91 Å². The summed E-state index contributed by atoms with van der Waals surface area (Å²) in [5.74, 6) is 0.303. The number of halogens is 1. The van der Waals surface area contributed by atoms with Crippen LogP contribution in [0.1, 0.15) is 47.8 Å². The third-order valence-electron chi connectivity index (χ3n) is 7.09. The summed E-state index contributed by atoms with van der Waals surface area (Å²) in [4.78, 5) is 21.6. The molecule has 2 aromatic carbocycles. The maximum Gasteiger partial charge on any atom is 0.261 e. The first-order chi connectivity index (χ1) is 19.0. The van der Waals surface area contributed by atoms with E-state index in [1.165, 1.54) is 12.1 Å². The van der Waals surface area contributed by atoms with Gasteiger partial charge in [0.1, 0.15) is 23.0 Å². The second-order valence-electron chi connectivity index (χ2n) is 9.97. The largest absolute Gasteiger partial charge is 0.483 e. The minimum atomic E-state index is -0.281. The highest BCUT2D eigenvalue weighted by atomic mass is 19.1. The summed E-state index contributed by atoms with van der Waals surface area (Å²) in [5, 5.41) is 7.85. The van der Waals surface area contributed by atoms with E-state index in [-0.39, 0.29) is 24.4 Å². The Bertz CT molecular complexity index is 1390. The van der Waals surface area contributed by atoms with E-state index >= 15 is 0 Å². The van der Waals surface area contributed by atoms with Crippen LogP contribution in [0.15, 0.2) is 71.6 Å². The Hall–Kier alpha value is -4.11. The van der Waals surface area contributed by atoms with Crippen LogP contribution < -0.4 is 4.74 Å². The highest BCUT2D eigenvalue weighted by Gasteiger charge is 2.28. The van der Waals surface area contributed by atoms with Gasteiger partial charge in [-0.25, -0.2) is 9.02 Å². The molecule has 9 heteroatoms. The number of carbonyl (C=O) groups excluding carboxylic acids is 1. The molecule has 0 bridgehead atoms. The molecule has 0 aliphatic carbocycles. The second-order valence-corrected chi connectivity index (χ2v) is 9.97. The second kappa shape index (κ2) is 12.2. The van der Waals surface area contributed by atoms with Crippen LogP contribution in [0.2, 0.25) is 0 Å². The Labute approximate surface area is 227 Å². The van der Waals surface area contributed by atoms with Gasteiger partial charge in [-0.1, -0.05) is 34.6 Å². The Morgan fingerprint density at radius 3 is 2.67 bits per heavy atom. The number of hydrogen-bond donors (Lipinski definition) is 0. The van der Waals surface area contributed by atoms with Crippen LogP contribution >= 0.6 is 0 Å². The van der Waals surface area contributed by atoms with Gasteiger partial charge in [0.25, 0.3) is 5.91 Å². The number of piperidine rings is 1. The average Bonchev–Trinajstić information content (AvgIpc) is 3.36. The van der Waals surface area contributed by atoms with Gasteiger partial charge in [-0.2, -0.15) is 0 Å². The molecule has 4 aromatic rings. The number of aromatic nitrogens is 3. The van der Waals surface area contributed by atoms with E-state index in [9.17, 15) is 9.18 Å². The summed E-state index contributed by atoms with van der Waals surface area (Å²) in [7, 11) is 1.97. The molecule has 1 aliphatic heterocycles. The number of rotatable bonds is 9. The summed E-state index contributed by atoms with van der Waals surface area (Å²) in [6, 6.07) is 16.2. The first-order valence-corrected chi connectivity index (χ1v) is 13.2. The van der Waals surface area contributed by atoms with Crippen molar-refractivity contribution in [3.8, 4) is 16.9 Å². The fourth-order valence-corrected chi connectivity index (χ4v) is 5.03. The molecule has 5 rings (SSSR count). The van der Waals surface area contributed by atoms with Gasteiger partial charge < -0.3 is 9.64 Å². The lowest BCUT2D eigenvalue weighted by Crippen LogP contribution is -2.41. The predicted octanol–water partition coefficient (Wildman–Crippen LogP) is 5.34. The van der Waals surface area contributed by atoms with Crippen molar-refractivity contribution in [1.82, 2.24) is 25.1 Å². The molecule has 1 aliphatic rings. The molecule has 0 spiro atoms. The number of nitrogens with zero attached hydrogens (tertiary/aromatic N) is 5. The maximum atomic E-state index is 13.5. The summed E-state index contributed by atoms with van der Waals surface area (Å²) in [6.07, 6.45) is 6.55. The highest BCUT2D eigenvalue weighted by Crippen LogP contribution is 2.32. The number of hydrogen-bond acceptors (Lipinski definition) is 7. The molecule has 0 N–H and O–H groups in total. The zero-order chi connectivity index (χ0) is 27.2. The number of benzene rings is 2. The minimum absolute atomic E-state index is 0.00863. The van der Waals surface area contributed by atoms with E-state index in [0.29, 0.717) is 25.4 Å². The molecule has 1 fully saturated rings. The number of pyridine rings is 1. The van der Waals surface area contributed by atoms with Crippen LogP contribution in [0.4, 0.5) is 4.39 Å². The molecule has 0 saturated carbocycles. The van der Waals surface area contributed by atoms with Gasteiger partial charge in [0.05, 0.1) is 6.04 Å². The quantitative estimate of drug-likeness (QED) is 0.289. The van der Waals surface area contributed by atoms with Gasteiger partial charge >= 0.3 is 0 Å². The van der Waals surface area contributed by atoms with E-state index in [1.54, 1.807) is 18.3 Å². The summed E-state index contributed by atoms with van der Waals surface area (Å²) < 4.78 is 24.5. The number of carbonyl (C=O) groups is 1. The normalized spacial score (nSPS) is 15.5. The lowest BCUT2D eigenvalue weighted by molar-refractivity contribution is -0.137. The molecule has 202 valence electrons. The number of ether oxygens (including phenoxy) is 1. The maximum absolute atomic E-state index is 13.5. The van der Waals surface area contributed by atoms with Crippen molar-refractivity contribution in [2.24, 2.45) is 0 Å². The monoisotopic (exact) mass is 529 g/mol. The molecule has 1 atom stereocenters. The van der Waals surface area contributed by atoms with E-state index in [0.717, 1.165) is 52.9 Å². The van der Waals surface area contributed by atoms with Crippen molar-refractivity contribution in [1.29, 1.82) is 0 Å². The minimum Gasteiger partial charge on any atom is -0.483 e. The summed E-state index contributed by atoms with van der Waals surface area (Å²) in [6.45, 7) is 3.57. The zero-order valence-electron chi connectivity index (χ0n) is 22.2. The van der Waals surface area contributed by atoms with Gasteiger partial charge in [0.15, 0.2) is 6.61 Å². The van der Waals surface area contributed by atoms with Crippen molar-refractivity contribution < 1.29 is 18.6 Å². The number of amides is 1. The average molecular weight is 530 g/mol. The van der Waals surface area contributed by atoms with Crippen LogP contribution in [0.5, 0.6) is 5.75 Å². The Kier molecular flexibility index (Phi) is 8.27. The molecule has 8 nitrogen and oxygen atoms in total. The van der Waals surface area contributed by atoms with Gasteiger partial charge in [-0.3, -0.25) is 14.7 Å². The lowest BCUT2D eigenvalue weighted by atomic mass is 9.96. The molecular weight excluding hydrogens is 497 g/mol.